The molecule has 0 radical (unpaired) electrons. The van der Waals surface area contributed by atoms with Crippen molar-refractivity contribution in [2.24, 2.45) is 0 Å². The van der Waals surface area contributed by atoms with E-state index in [1.165, 1.54) is 96.3 Å². The van der Waals surface area contributed by atoms with Gasteiger partial charge in [-0.1, -0.05) is 57.8 Å². The van der Waals surface area contributed by atoms with Gasteiger partial charge in [0.05, 0.1) is 18.7 Å². The van der Waals surface area contributed by atoms with Crippen LogP contribution in [0.2, 0.25) is 16.6 Å². The predicted molar refractivity (Wildman–Crippen MR) is 137 cm³/mol. The maximum Gasteiger partial charge on any atom is 0.350 e. The molecule has 0 aromatic heterocycles. The van der Waals surface area contributed by atoms with Crippen LogP contribution in [-0.2, 0) is 26.6 Å². The summed E-state index contributed by atoms with van der Waals surface area (Å²) in [6.07, 6.45) is 20.8. The first-order valence-corrected chi connectivity index (χ1v) is 20.0. The number of methoxy groups -OCH3 is 3. The third kappa shape index (κ3) is 5.72. The predicted octanol–water partition coefficient (Wildman–Crippen LogP) is 5.94. The highest BCUT2D eigenvalue weighted by Crippen LogP contribution is 2.53. The summed E-state index contributed by atoms with van der Waals surface area (Å²) in [6.45, 7) is 0. The largest absolute Gasteiger partial charge is 0.412 e. The van der Waals surface area contributed by atoms with Crippen molar-refractivity contribution in [2.75, 3.05) is 40.0 Å². The van der Waals surface area contributed by atoms with E-state index in [1.807, 2.05) is 21.3 Å². The van der Waals surface area contributed by atoms with Crippen LogP contribution in [0.4, 0.5) is 0 Å². The third-order valence-corrected chi connectivity index (χ3v) is 24.6. The second kappa shape index (κ2) is 12.1. The Morgan fingerprint density at radius 3 is 0.909 bits per heavy atom. The van der Waals surface area contributed by atoms with Crippen molar-refractivity contribution >= 4 is 25.7 Å². The van der Waals surface area contributed by atoms with Gasteiger partial charge in [-0.15, -0.1) is 0 Å². The van der Waals surface area contributed by atoms with Crippen molar-refractivity contribution < 1.29 is 26.6 Å². The first kappa shape index (κ1) is 26.5. The Balaban J connectivity index is 1.79. The van der Waals surface area contributed by atoms with Gasteiger partial charge in [-0.05, 0) is 38.5 Å². The van der Waals surface area contributed by atoms with Crippen molar-refractivity contribution in [3.63, 3.8) is 0 Å². The second-order valence-electron chi connectivity index (χ2n) is 11.0. The zero-order valence-electron chi connectivity index (χ0n) is 21.4. The topological polar surface area (TPSA) is 55.4 Å². The van der Waals surface area contributed by atoms with Crippen LogP contribution >= 0.6 is 0 Å². The minimum absolute atomic E-state index is 0.495. The van der Waals surface area contributed by atoms with Crippen molar-refractivity contribution in [1.29, 1.82) is 0 Å². The van der Waals surface area contributed by atoms with E-state index in [1.54, 1.807) is 0 Å². The van der Waals surface area contributed by atoms with Gasteiger partial charge in [-0.2, -0.15) is 0 Å². The minimum atomic E-state index is -2.68. The first-order valence-electron chi connectivity index (χ1n) is 13.7. The summed E-state index contributed by atoms with van der Waals surface area (Å²) < 4.78 is 40.4. The maximum absolute atomic E-state index is 7.48. The standard InChI is InChI=1S/C24H48O6Si3/c1-25-19-31(22-13-7-4-8-14-22)28-32(20-26-2,23-15-9-5-10-16-23)30-33(29-31,21-27-3)24-17-11-6-12-18-24/h22-24H,4-21H2,1-3H3. The summed E-state index contributed by atoms with van der Waals surface area (Å²) in [4.78, 5) is 0. The lowest BCUT2D eigenvalue weighted by Crippen LogP contribution is -2.78. The fraction of sp³-hybridized carbons (Fsp3) is 1.00. The average Bonchev–Trinajstić information content (AvgIpc) is 2.86. The van der Waals surface area contributed by atoms with Gasteiger partial charge in [-0.25, -0.2) is 0 Å². The van der Waals surface area contributed by atoms with Gasteiger partial charge in [0.1, 0.15) is 0 Å². The Labute approximate surface area is 205 Å². The summed E-state index contributed by atoms with van der Waals surface area (Å²) in [5.41, 5.74) is 1.49. The molecule has 1 saturated heterocycles. The first-order chi connectivity index (χ1) is 16.1. The average molecular weight is 517 g/mol. The van der Waals surface area contributed by atoms with E-state index in [0.29, 0.717) is 35.3 Å². The SMILES string of the molecule is COC[Si]1(C2CCCCC2)O[Si](COC)(C2CCCCC2)O[Si](COC)(C2CCCCC2)O1. The van der Waals surface area contributed by atoms with Crippen molar-refractivity contribution in [2.45, 2.75) is 113 Å². The van der Waals surface area contributed by atoms with Gasteiger partial charge in [-0.3, -0.25) is 0 Å². The van der Waals surface area contributed by atoms with E-state index in [-0.39, 0.29) is 0 Å². The molecule has 3 saturated carbocycles. The van der Waals surface area contributed by atoms with Crippen LogP contribution in [-0.4, -0.2) is 65.7 Å². The zero-order valence-corrected chi connectivity index (χ0v) is 24.4. The number of hydrogen-bond acceptors (Lipinski definition) is 6. The smallest absolute Gasteiger partial charge is 0.350 e. The molecule has 1 aliphatic heterocycles. The normalized spacial score (nSPS) is 37.9. The van der Waals surface area contributed by atoms with Crippen LogP contribution in [0.25, 0.3) is 0 Å². The van der Waals surface area contributed by atoms with Crippen LogP contribution in [0, 0.1) is 0 Å². The van der Waals surface area contributed by atoms with E-state index >= 15 is 0 Å². The molecule has 6 nitrogen and oxygen atoms in total. The molecule has 1 heterocycles. The molecule has 3 aliphatic carbocycles. The summed E-state index contributed by atoms with van der Waals surface area (Å²) in [7, 11) is -2.54. The molecular formula is C24H48O6Si3. The fourth-order valence-electron chi connectivity index (χ4n) is 7.20. The highest BCUT2D eigenvalue weighted by atomic mass is 28.5. The van der Waals surface area contributed by atoms with Crippen LogP contribution in [0.15, 0.2) is 0 Å². The van der Waals surface area contributed by atoms with Crippen molar-refractivity contribution in [3.05, 3.63) is 0 Å². The van der Waals surface area contributed by atoms with Gasteiger partial charge >= 0.3 is 25.7 Å². The second-order valence-corrected chi connectivity index (χ2v) is 21.7. The van der Waals surface area contributed by atoms with Crippen molar-refractivity contribution in [3.8, 4) is 0 Å². The summed E-state index contributed by atoms with van der Waals surface area (Å²) >= 11 is 0. The Kier molecular flexibility index (Phi) is 9.71. The molecule has 33 heavy (non-hydrogen) atoms. The van der Waals surface area contributed by atoms with E-state index in [9.17, 15) is 0 Å². The lowest BCUT2D eigenvalue weighted by molar-refractivity contribution is 0.0928. The quantitative estimate of drug-likeness (QED) is 0.354. The summed E-state index contributed by atoms with van der Waals surface area (Å²) in [5.74, 6) is 0. The maximum atomic E-state index is 7.48. The minimum Gasteiger partial charge on any atom is -0.412 e. The molecule has 0 spiro atoms. The molecule has 9 heteroatoms. The highest BCUT2D eigenvalue weighted by molar-refractivity contribution is 6.96. The Hall–Kier alpha value is 0.411. The molecule has 192 valence electrons. The Morgan fingerprint density at radius 1 is 0.455 bits per heavy atom. The molecule has 0 N–H and O–H groups in total. The summed E-state index contributed by atoms with van der Waals surface area (Å²) in [6, 6.07) is 0. The third-order valence-electron chi connectivity index (χ3n) is 8.75. The Morgan fingerprint density at radius 2 is 0.697 bits per heavy atom. The Bertz CT molecular complexity index is 504. The lowest BCUT2D eigenvalue weighted by Gasteiger charge is -2.59. The molecule has 0 aromatic carbocycles. The van der Waals surface area contributed by atoms with Gasteiger partial charge in [0.25, 0.3) is 0 Å². The van der Waals surface area contributed by atoms with E-state index in [2.05, 4.69) is 0 Å². The van der Waals surface area contributed by atoms with Gasteiger partial charge in [0.15, 0.2) is 0 Å². The summed E-state index contributed by atoms with van der Waals surface area (Å²) in [5, 5.41) is 0. The molecular weight excluding hydrogens is 469 g/mol. The van der Waals surface area contributed by atoms with Gasteiger partial charge in [0, 0.05) is 38.0 Å². The van der Waals surface area contributed by atoms with E-state index in [4.69, 9.17) is 26.6 Å². The zero-order chi connectivity index (χ0) is 23.2. The van der Waals surface area contributed by atoms with Crippen molar-refractivity contribution in [1.82, 2.24) is 0 Å². The molecule has 4 aliphatic rings. The van der Waals surface area contributed by atoms with Crippen LogP contribution < -0.4 is 0 Å². The number of rotatable bonds is 9. The number of hydrogen-bond donors (Lipinski definition) is 0. The molecule has 0 amide bonds. The van der Waals surface area contributed by atoms with E-state index in [0.717, 1.165) is 0 Å². The lowest BCUT2D eigenvalue weighted by atomic mass is 10.0. The number of ether oxygens (including phenoxy) is 3. The van der Waals surface area contributed by atoms with Gasteiger partial charge < -0.3 is 26.6 Å². The van der Waals surface area contributed by atoms with Crippen LogP contribution in [0.5, 0.6) is 0 Å². The molecule has 0 atom stereocenters. The van der Waals surface area contributed by atoms with Gasteiger partial charge in [0.2, 0.25) is 0 Å². The van der Waals surface area contributed by atoms with Crippen LogP contribution in [0.3, 0.4) is 0 Å². The molecule has 0 bridgehead atoms. The van der Waals surface area contributed by atoms with Crippen LogP contribution in [0.1, 0.15) is 96.3 Å². The molecule has 4 rings (SSSR count). The monoisotopic (exact) mass is 516 g/mol. The fourth-order valence-corrected chi connectivity index (χ4v) is 27.0. The molecule has 0 aromatic rings. The molecule has 4 fully saturated rings. The van der Waals surface area contributed by atoms with E-state index < -0.39 is 25.7 Å². The highest BCUT2D eigenvalue weighted by Gasteiger charge is 2.69. The molecule has 0 unspecified atom stereocenters.